The third-order valence-electron chi connectivity index (χ3n) is 11.7. The summed E-state index contributed by atoms with van der Waals surface area (Å²) in [6.07, 6.45) is 9.08. The smallest absolute Gasteiger partial charge is 0.309 e. The molecule has 0 saturated carbocycles. The summed E-state index contributed by atoms with van der Waals surface area (Å²) >= 11 is 1.12. The Labute approximate surface area is 389 Å². The Hall–Kier alpha value is -4.89. The molecule has 0 unspecified atom stereocenters. The number of carboxylic acids is 1. The number of hydrogen-bond donors (Lipinski definition) is 5. The van der Waals surface area contributed by atoms with E-state index in [1.807, 2.05) is 65.6 Å². The fraction of sp³-hybridized carbons (Fsp3) is 0.646. The van der Waals surface area contributed by atoms with Crippen LogP contribution >= 0.6 is 11.3 Å². The molecule has 1 saturated heterocycles. The number of likely N-dealkylation sites (tertiary alicyclic amines) is 1. The van der Waals surface area contributed by atoms with E-state index in [9.17, 15) is 33.9 Å². The van der Waals surface area contributed by atoms with Crippen LogP contribution in [0.25, 0.3) is 0 Å². The minimum Gasteiger partial charge on any atom is -0.481 e. The van der Waals surface area contributed by atoms with Gasteiger partial charge in [0, 0.05) is 42.9 Å². The number of amides is 4. The van der Waals surface area contributed by atoms with Gasteiger partial charge < -0.3 is 31.1 Å². The number of terminal acetylenes is 1. The number of carbonyl (C=O) groups is 6. The number of ether oxygens (including phenoxy) is 1. The van der Waals surface area contributed by atoms with Crippen LogP contribution in [-0.4, -0.2) is 113 Å². The Kier molecular flexibility index (Phi) is 22.0. The van der Waals surface area contributed by atoms with Crippen LogP contribution in [0.3, 0.4) is 0 Å². The van der Waals surface area contributed by atoms with Crippen LogP contribution in [0.1, 0.15) is 141 Å². The van der Waals surface area contributed by atoms with Crippen LogP contribution in [0.5, 0.6) is 0 Å². The molecule has 2 aromatic rings. The predicted octanol–water partition coefficient (Wildman–Crippen LogP) is 6.13. The van der Waals surface area contributed by atoms with Crippen LogP contribution in [-0.2, 0) is 40.0 Å². The Morgan fingerprint density at radius 1 is 1.06 bits per heavy atom. The number of unbranched alkanes of at least 4 members (excludes halogenated alkanes) is 1. The number of carbonyl (C=O) groups excluding carboxylic acids is 5. The largest absolute Gasteiger partial charge is 0.481 e. The summed E-state index contributed by atoms with van der Waals surface area (Å²) in [4.78, 5) is 92.6. The number of aromatic nitrogens is 1. The molecule has 5 N–H and O–H groups in total. The summed E-state index contributed by atoms with van der Waals surface area (Å²) in [6.45, 7) is 17.1. The highest BCUT2D eigenvalue weighted by Gasteiger charge is 2.40. The molecule has 0 radical (unpaired) electrons. The highest BCUT2D eigenvalue weighted by molar-refractivity contribution is 7.09. The number of esters is 1. The second-order valence-corrected chi connectivity index (χ2v) is 19.3. The van der Waals surface area contributed by atoms with Crippen LogP contribution in [0.2, 0.25) is 0 Å². The number of likely N-dealkylation sites (N-methyl/N-ethyl adjacent to an activating group) is 1. The van der Waals surface area contributed by atoms with Crippen molar-refractivity contribution in [2.45, 2.75) is 156 Å². The fourth-order valence-corrected chi connectivity index (χ4v) is 8.42. The Balaban J connectivity index is 1.91. The van der Waals surface area contributed by atoms with Crippen molar-refractivity contribution < 1.29 is 43.4 Å². The zero-order chi connectivity index (χ0) is 48.4. The number of nitrogens with zero attached hydrogens (tertiary/aromatic N) is 3. The Bertz CT molecular complexity index is 1930. The van der Waals surface area contributed by atoms with Crippen LogP contribution in [0.4, 0.5) is 5.69 Å². The van der Waals surface area contributed by atoms with Gasteiger partial charge in [0.1, 0.15) is 16.7 Å². The summed E-state index contributed by atoms with van der Waals surface area (Å²) in [7, 11) is 1.92. The zero-order valence-corrected chi connectivity index (χ0v) is 40.8. The maximum Gasteiger partial charge on any atom is 0.309 e. The van der Waals surface area contributed by atoms with Gasteiger partial charge in [-0.25, -0.2) is 10.0 Å². The first kappa shape index (κ1) is 54.4. The summed E-state index contributed by atoms with van der Waals surface area (Å²) in [6, 6.07) is 4.71. The molecule has 0 spiro atoms. The van der Waals surface area contributed by atoms with E-state index in [0.29, 0.717) is 36.4 Å². The monoisotopic (exact) mass is 924 g/mol. The standard InChI is InChI=1S/C48H73N7O9S/c1-12-14-17-24-63-55(46(60)42(32(7)13-2)53-44(59)38-18-15-16-23-54(38)11)39(30(3)4)26-40(64-33(8)56)45-52-37(29-65-45)43(58)51-36(27-48(9,10)47(61)62)25-34-19-21-35(22-20-34)50-41(57)28-49-31(5)6/h1,19-22,29-32,36,38-40,42,49H,13-18,23-28H2,2-11H3,(H,50,57)(H,51,58)(H,53,59)(H,61,62)/t32-,36-,38+,39+,40+,42-/m0/s1. The average Bonchev–Trinajstić information content (AvgIpc) is 3.74. The van der Waals surface area contributed by atoms with E-state index < -0.39 is 53.4 Å². The minimum atomic E-state index is -1.19. The lowest BCUT2D eigenvalue weighted by molar-refractivity contribution is -0.213. The SMILES string of the molecule is C#CCCCON(C(=O)[C@@H](NC(=O)[C@H]1CCCCN1C)[C@@H](C)CC)[C@H](C[C@@H](OC(C)=O)c1nc(C(=O)N[C@@H](Cc2ccc(NC(=O)CNC(C)C)cc2)CC(C)(C)C(=O)O)cs1)C(C)C. The first-order valence-electron chi connectivity index (χ1n) is 22.9. The molecule has 0 aliphatic carbocycles. The normalized spacial score (nSPS) is 16.7. The highest BCUT2D eigenvalue weighted by atomic mass is 32.1. The molecule has 17 heteroatoms. The quantitative estimate of drug-likeness (QED) is 0.0313. The second-order valence-electron chi connectivity index (χ2n) is 18.4. The molecule has 3 rings (SSSR count). The zero-order valence-electron chi connectivity index (χ0n) is 40.0. The number of hydroxylamine groups is 2. The Morgan fingerprint density at radius 2 is 1.75 bits per heavy atom. The highest BCUT2D eigenvalue weighted by Crippen LogP contribution is 2.32. The van der Waals surface area contributed by atoms with Gasteiger partial charge in [-0.15, -0.1) is 23.7 Å². The number of nitrogens with one attached hydrogen (secondary N) is 4. The van der Waals surface area contributed by atoms with Crippen molar-refractivity contribution in [1.82, 2.24) is 30.9 Å². The predicted molar refractivity (Wildman–Crippen MR) is 252 cm³/mol. The van der Waals surface area contributed by atoms with Crippen LogP contribution in [0.15, 0.2) is 29.6 Å². The van der Waals surface area contributed by atoms with E-state index in [1.54, 1.807) is 31.4 Å². The van der Waals surface area contributed by atoms with Crippen molar-refractivity contribution in [2.24, 2.45) is 17.3 Å². The maximum atomic E-state index is 14.8. The number of rotatable bonds is 26. The number of anilines is 1. The van der Waals surface area contributed by atoms with Gasteiger partial charge in [-0.1, -0.05) is 66.5 Å². The van der Waals surface area contributed by atoms with E-state index in [2.05, 4.69) is 32.2 Å². The van der Waals surface area contributed by atoms with Crippen LogP contribution in [0, 0.1) is 29.6 Å². The molecule has 6 atom stereocenters. The van der Waals surface area contributed by atoms with E-state index in [4.69, 9.17) is 16.0 Å². The second kappa shape index (κ2) is 26.3. The van der Waals surface area contributed by atoms with Crippen molar-refractivity contribution >= 4 is 52.6 Å². The Morgan fingerprint density at radius 3 is 2.34 bits per heavy atom. The average molecular weight is 924 g/mol. The van der Waals surface area contributed by atoms with Gasteiger partial charge in [0.2, 0.25) is 11.8 Å². The van der Waals surface area contributed by atoms with E-state index in [-0.39, 0.29) is 73.8 Å². The molecule has 1 fully saturated rings. The molecule has 65 heavy (non-hydrogen) atoms. The summed E-state index contributed by atoms with van der Waals surface area (Å²) in [5.41, 5.74) is 0.255. The van der Waals surface area contributed by atoms with Gasteiger partial charge in [-0.05, 0) is 89.1 Å². The fourth-order valence-electron chi connectivity index (χ4n) is 7.58. The molecule has 1 aromatic carbocycles. The van der Waals surface area contributed by atoms with Gasteiger partial charge in [-0.2, -0.15) is 0 Å². The van der Waals surface area contributed by atoms with Gasteiger partial charge in [0.05, 0.1) is 30.7 Å². The third-order valence-corrected chi connectivity index (χ3v) is 12.6. The molecule has 1 aliphatic heterocycles. The molecule has 360 valence electrons. The van der Waals surface area contributed by atoms with Crippen molar-refractivity contribution in [3.05, 3.63) is 45.9 Å². The lowest BCUT2D eigenvalue weighted by Gasteiger charge is -2.39. The lowest BCUT2D eigenvalue weighted by Crippen LogP contribution is -2.58. The number of benzene rings is 1. The topological polar surface area (TPSA) is 209 Å². The molecule has 16 nitrogen and oxygen atoms in total. The van der Waals surface area contributed by atoms with Gasteiger partial charge in [0.15, 0.2) is 6.10 Å². The molecule has 2 heterocycles. The van der Waals surface area contributed by atoms with Crippen molar-refractivity contribution in [1.29, 1.82) is 0 Å². The molecule has 4 amide bonds. The molecule has 1 aliphatic rings. The van der Waals surface area contributed by atoms with Crippen LogP contribution < -0.4 is 21.3 Å². The maximum absolute atomic E-state index is 14.8. The van der Waals surface area contributed by atoms with E-state index >= 15 is 0 Å². The summed E-state index contributed by atoms with van der Waals surface area (Å²) < 4.78 is 5.86. The van der Waals surface area contributed by atoms with E-state index in [0.717, 1.165) is 36.3 Å². The molecular formula is C48H73N7O9S. The van der Waals surface area contributed by atoms with E-state index in [1.165, 1.54) is 12.0 Å². The first-order chi connectivity index (χ1) is 30.7. The number of hydrogen-bond acceptors (Lipinski definition) is 12. The molecule has 1 aromatic heterocycles. The number of thiazole rings is 1. The van der Waals surface area contributed by atoms with Crippen molar-refractivity contribution in [3.63, 3.8) is 0 Å². The van der Waals surface area contributed by atoms with Crippen molar-refractivity contribution in [3.8, 4) is 12.3 Å². The number of carboxylic acid groups (broad SMARTS) is 1. The van der Waals surface area contributed by atoms with Gasteiger partial charge in [0.25, 0.3) is 11.8 Å². The van der Waals surface area contributed by atoms with Crippen molar-refractivity contribution in [2.75, 3.05) is 32.1 Å². The first-order valence-corrected chi connectivity index (χ1v) is 23.7. The summed E-state index contributed by atoms with van der Waals surface area (Å²) in [5, 5.41) is 25.2. The molecular weight excluding hydrogens is 851 g/mol. The van der Waals surface area contributed by atoms with Gasteiger partial charge in [-0.3, -0.25) is 38.5 Å². The minimum absolute atomic E-state index is 0.0418. The third kappa shape index (κ3) is 17.5. The number of piperidine rings is 1. The summed E-state index contributed by atoms with van der Waals surface area (Å²) in [5.74, 6) is -0.890. The number of aliphatic carboxylic acids is 1. The van der Waals surface area contributed by atoms with Gasteiger partial charge >= 0.3 is 11.9 Å². The molecule has 0 bridgehead atoms. The lowest BCUT2D eigenvalue weighted by atomic mass is 9.84.